The van der Waals surface area contributed by atoms with Gasteiger partial charge in [-0.25, -0.2) is 9.48 Å². The van der Waals surface area contributed by atoms with Gasteiger partial charge in [-0.2, -0.15) is 5.10 Å². The number of esters is 1. The molecule has 0 aliphatic carbocycles. The molecular weight excluding hydrogens is 408 g/mol. The van der Waals surface area contributed by atoms with Crippen molar-refractivity contribution < 1.29 is 19.1 Å². The summed E-state index contributed by atoms with van der Waals surface area (Å²) in [5, 5.41) is 7.52. The zero-order valence-electron chi connectivity index (χ0n) is 16.3. The number of rotatable bonds is 6. The Morgan fingerprint density at radius 1 is 1.03 bits per heavy atom. The minimum absolute atomic E-state index is 0.296. The number of primary amides is 1. The molecule has 8 nitrogen and oxygen atoms in total. The van der Waals surface area contributed by atoms with Crippen molar-refractivity contribution in [2.45, 2.75) is 13.8 Å². The van der Waals surface area contributed by atoms with Crippen molar-refractivity contribution in [3.63, 3.8) is 0 Å². The summed E-state index contributed by atoms with van der Waals surface area (Å²) in [6.45, 7) is 3.21. The molecule has 0 bridgehead atoms. The van der Waals surface area contributed by atoms with E-state index >= 15 is 0 Å². The van der Waals surface area contributed by atoms with Crippen molar-refractivity contribution in [1.29, 1.82) is 0 Å². The second-order valence-electron chi connectivity index (χ2n) is 6.51. The third-order valence-electron chi connectivity index (χ3n) is 4.34. The van der Waals surface area contributed by atoms with Crippen LogP contribution in [0, 0.1) is 13.8 Å². The van der Waals surface area contributed by atoms with E-state index in [-0.39, 0.29) is 0 Å². The van der Waals surface area contributed by atoms with Crippen molar-refractivity contribution in [3.05, 3.63) is 76.1 Å². The van der Waals surface area contributed by atoms with Crippen molar-refractivity contribution in [1.82, 2.24) is 9.78 Å². The van der Waals surface area contributed by atoms with Gasteiger partial charge < -0.3 is 15.8 Å². The van der Waals surface area contributed by atoms with Crippen LogP contribution in [0.3, 0.4) is 0 Å². The van der Waals surface area contributed by atoms with Gasteiger partial charge in [-0.15, -0.1) is 0 Å². The Balaban J connectivity index is 1.57. The molecule has 0 saturated carbocycles. The number of halogens is 1. The third kappa shape index (κ3) is 4.66. The standard InChI is InChI=1S/C21H19ClN4O4/c1-12-19(22)13(2)26(25-12)17-9-5-15(6-10-17)21(29)30-11-18(27)24-16-7-3-14(4-8-16)20(23)28/h3-10H,11H2,1-2H3,(H2,23,28)(H,24,27). The number of nitrogens with two attached hydrogens (primary N) is 1. The number of hydrogen-bond acceptors (Lipinski definition) is 5. The number of carbonyl (C=O) groups is 3. The summed E-state index contributed by atoms with van der Waals surface area (Å²) in [6.07, 6.45) is 0. The van der Waals surface area contributed by atoms with Gasteiger partial charge in [0, 0.05) is 11.3 Å². The molecule has 9 heteroatoms. The molecule has 0 aliphatic heterocycles. The van der Waals surface area contributed by atoms with Crippen molar-refractivity contribution in [3.8, 4) is 5.69 Å². The Hall–Kier alpha value is -3.65. The molecule has 3 aromatic rings. The fourth-order valence-electron chi connectivity index (χ4n) is 2.74. The molecule has 154 valence electrons. The average molecular weight is 427 g/mol. The number of carbonyl (C=O) groups excluding carboxylic acids is 3. The van der Waals surface area contributed by atoms with E-state index in [1.807, 2.05) is 13.8 Å². The highest BCUT2D eigenvalue weighted by Gasteiger charge is 2.13. The smallest absolute Gasteiger partial charge is 0.338 e. The number of aromatic nitrogens is 2. The monoisotopic (exact) mass is 426 g/mol. The van der Waals surface area contributed by atoms with Crippen LogP contribution in [-0.4, -0.2) is 34.2 Å². The predicted octanol–water partition coefficient (Wildman–Crippen LogP) is 3.04. The molecule has 0 fully saturated rings. The summed E-state index contributed by atoms with van der Waals surface area (Å²) in [5.74, 6) is -1.70. The van der Waals surface area contributed by atoms with E-state index in [0.29, 0.717) is 27.5 Å². The first-order valence-electron chi connectivity index (χ1n) is 8.95. The van der Waals surface area contributed by atoms with Gasteiger partial charge in [0.05, 0.1) is 27.7 Å². The summed E-state index contributed by atoms with van der Waals surface area (Å²) < 4.78 is 6.73. The van der Waals surface area contributed by atoms with Crippen molar-refractivity contribution in [2.75, 3.05) is 11.9 Å². The SMILES string of the molecule is Cc1nn(-c2ccc(C(=O)OCC(=O)Nc3ccc(C(N)=O)cc3)cc2)c(C)c1Cl. The van der Waals surface area contributed by atoms with Gasteiger partial charge in [0.25, 0.3) is 5.91 Å². The van der Waals surface area contributed by atoms with Crippen molar-refractivity contribution in [2.24, 2.45) is 5.73 Å². The number of ether oxygens (including phenoxy) is 1. The average Bonchev–Trinajstić information content (AvgIpc) is 3.00. The molecule has 0 atom stereocenters. The number of nitrogens with one attached hydrogen (secondary N) is 1. The Morgan fingerprint density at radius 3 is 2.17 bits per heavy atom. The van der Waals surface area contributed by atoms with Crippen LogP contribution in [0.25, 0.3) is 5.69 Å². The highest BCUT2D eigenvalue weighted by Crippen LogP contribution is 2.22. The van der Waals surface area contributed by atoms with Crippen LogP contribution in [0.5, 0.6) is 0 Å². The number of hydrogen-bond donors (Lipinski definition) is 2. The second kappa shape index (κ2) is 8.79. The molecule has 1 heterocycles. The zero-order valence-corrected chi connectivity index (χ0v) is 17.1. The highest BCUT2D eigenvalue weighted by molar-refractivity contribution is 6.31. The zero-order chi connectivity index (χ0) is 21.8. The topological polar surface area (TPSA) is 116 Å². The van der Waals surface area contributed by atoms with E-state index in [1.54, 1.807) is 28.9 Å². The van der Waals surface area contributed by atoms with Gasteiger partial charge in [-0.3, -0.25) is 9.59 Å². The number of amides is 2. The Morgan fingerprint density at radius 2 is 1.63 bits per heavy atom. The van der Waals surface area contributed by atoms with E-state index in [1.165, 1.54) is 24.3 Å². The lowest BCUT2D eigenvalue weighted by atomic mass is 10.2. The van der Waals surface area contributed by atoms with Gasteiger partial charge in [0.15, 0.2) is 6.61 Å². The fraction of sp³-hybridized carbons (Fsp3) is 0.143. The Bertz CT molecular complexity index is 1110. The maximum Gasteiger partial charge on any atom is 0.338 e. The molecule has 0 saturated heterocycles. The fourth-order valence-corrected chi connectivity index (χ4v) is 2.86. The maximum absolute atomic E-state index is 12.2. The molecule has 0 spiro atoms. The van der Waals surface area contributed by atoms with E-state index in [9.17, 15) is 14.4 Å². The number of benzene rings is 2. The van der Waals surface area contributed by atoms with Crippen LogP contribution in [0.15, 0.2) is 48.5 Å². The highest BCUT2D eigenvalue weighted by atomic mass is 35.5. The lowest BCUT2D eigenvalue weighted by Crippen LogP contribution is -2.21. The van der Waals surface area contributed by atoms with E-state index in [0.717, 1.165) is 11.4 Å². The van der Waals surface area contributed by atoms with Crippen LogP contribution in [0.4, 0.5) is 5.69 Å². The van der Waals surface area contributed by atoms with Gasteiger partial charge >= 0.3 is 5.97 Å². The summed E-state index contributed by atoms with van der Waals surface area (Å²) in [6, 6.07) is 12.6. The van der Waals surface area contributed by atoms with Crippen LogP contribution >= 0.6 is 11.6 Å². The largest absolute Gasteiger partial charge is 0.452 e. The number of anilines is 1. The summed E-state index contributed by atoms with van der Waals surface area (Å²) in [5.41, 5.74) is 8.50. The van der Waals surface area contributed by atoms with E-state index in [2.05, 4.69) is 10.4 Å². The summed E-state index contributed by atoms with van der Waals surface area (Å²) in [7, 11) is 0. The molecule has 0 unspecified atom stereocenters. The lowest BCUT2D eigenvalue weighted by Gasteiger charge is -2.08. The molecule has 3 N–H and O–H groups in total. The minimum Gasteiger partial charge on any atom is -0.452 e. The van der Waals surface area contributed by atoms with Gasteiger partial charge in [-0.05, 0) is 62.4 Å². The summed E-state index contributed by atoms with van der Waals surface area (Å²) in [4.78, 5) is 35.2. The van der Waals surface area contributed by atoms with Gasteiger partial charge in [0.1, 0.15) is 0 Å². The Labute approximate surface area is 177 Å². The molecule has 2 aromatic carbocycles. The van der Waals surface area contributed by atoms with Crippen molar-refractivity contribution >= 4 is 35.1 Å². The van der Waals surface area contributed by atoms with E-state index in [4.69, 9.17) is 22.1 Å². The lowest BCUT2D eigenvalue weighted by molar-refractivity contribution is -0.119. The van der Waals surface area contributed by atoms with Crippen LogP contribution in [0.2, 0.25) is 5.02 Å². The summed E-state index contributed by atoms with van der Waals surface area (Å²) >= 11 is 6.16. The first-order valence-corrected chi connectivity index (χ1v) is 9.33. The first kappa shape index (κ1) is 21.1. The molecule has 30 heavy (non-hydrogen) atoms. The first-order chi connectivity index (χ1) is 14.3. The molecule has 2 amide bonds. The van der Waals surface area contributed by atoms with Crippen LogP contribution in [0.1, 0.15) is 32.1 Å². The van der Waals surface area contributed by atoms with Crippen LogP contribution in [-0.2, 0) is 9.53 Å². The van der Waals surface area contributed by atoms with Crippen LogP contribution < -0.4 is 11.1 Å². The quantitative estimate of drug-likeness (QED) is 0.587. The minimum atomic E-state index is -0.632. The molecule has 1 aromatic heterocycles. The molecule has 0 aliphatic rings. The van der Waals surface area contributed by atoms with Gasteiger partial charge in [-0.1, -0.05) is 11.6 Å². The number of nitrogens with zero attached hydrogens (tertiary/aromatic N) is 2. The molecule has 0 radical (unpaired) electrons. The number of aryl methyl sites for hydroxylation is 1. The third-order valence-corrected chi connectivity index (χ3v) is 4.89. The predicted molar refractivity (Wildman–Crippen MR) is 112 cm³/mol. The normalized spacial score (nSPS) is 10.5. The Kier molecular flexibility index (Phi) is 6.17. The maximum atomic E-state index is 12.2. The van der Waals surface area contributed by atoms with E-state index < -0.39 is 24.4 Å². The molecule has 3 rings (SSSR count). The van der Waals surface area contributed by atoms with Gasteiger partial charge in [0.2, 0.25) is 5.91 Å². The second-order valence-corrected chi connectivity index (χ2v) is 6.89. The molecular formula is C21H19ClN4O4.